The van der Waals surface area contributed by atoms with Crippen LogP contribution in [0.4, 0.5) is 0 Å². The zero-order valence-corrected chi connectivity index (χ0v) is 11.3. The molecule has 0 saturated heterocycles. The smallest absolute Gasteiger partial charge is 0.244 e. The van der Waals surface area contributed by atoms with Gasteiger partial charge in [-0.25, -0.2) is 0 Å². The molecule has 3 N–H and O–H groups in total. The van der Waals surface area contributed by atoms with Crippen LogP contribution in [-0.2, 0) is 0 Å². The minimum Gasteiger partial charge on any atom is -0.473 e. The molecule has 0 spiro atoms. The molecule has 2 rings (SSSR count). The number of ether oxygens (including phenoxy) is 1. The van der Waals surface area contributed by atoms with Crippen molar-refractivity contribution in [2.45, 2.75) is 39.2 Å². The highest BCUT2D eigenvalue weighted by atomic mass is 16.5. The quantitative estimate of drug-likeness (QED) is 0.375. The van der Waals surface area contributed by atoms with Gasteiger partial charge in [-0.2, -0.15) is 5.10 Å². The number of nitrogens with zero attached hydrogens (tertiary/aromatic N) is 3. The van der Waals surface area contributed by atoms with Crippen LogP contribution in [0.2, 0.25) is 0 Å². The maximum Gasteiger partial charge on any atom is 0.244 e. The molecule has 0 aromatic carbocycles. The Labute approximate surface area is 112 Å². The summed E-state index contributed by atoms with van der Waals surface area (Å²) in [6.45, 7) is 4.51. The van der Waals surface area contributed by atoms with Gasteiger partial charge in [0, 0.05) is 0 Å². The van der Waals surface area contributed by atoms with Crippen molar-refractivity contribution in [2.24, 2.45) is 22.7 Å². The van der Waals surface area contributed by atoms with Gasteiger partial charge in [-0.3, -0.25) is 0 Å². The van der Waals surface area contributed by atoms with E-state index in [1.807, 2.05) is 0 Å². The molecule has 0 radical (unpaired) electrons. The highest BCUT2D eigenvalue weighted by Gasteiger charge is 2.27. The number of nitrogens with two attached hydrogens (primary N) is 1. The molecule has 104 valence electrons. The van der Waals surface area contributed by atoms with Gasteiger partial charge in [0.15, 0.2) is 5.84 Å². The van der Waals surface area contributed by atoms with Crippen LogP contribution < -0.4 is 10.5 Å². The molecule has 1 aliphatic carbocycles. The van der Waals surface area contributed by atoms with Gasteiger partial charge in [-0.05, 0) is 37.2 Å². The summed E-state index contributed by atoms with van der Waals surface area (Å²) in [5.74, 6) is 1.68. The number of aromatic nitrogens is 2. The molecule has 6 nitrogen and oxygen atoms in total. The van der Waals surface area contributed by atoms with Gasteiger partial charge in [-0.1, -0.05) is 19.0 Å². The Morgan fingerprint density at radius 3 is 2.89 bits per heavy atom. The second-order valence-corrected chi connectivity index (χ2v) is 5.24. The van der Waals surface area contributed by atoms with Gasteiger partial charge < -0.3 is 15.7 Å². The number of amidine groups is 1. The molecule has 1 aromatic heterocycles. The van der Waals surface area contributed by atoms with Crippen LogP contribution >= 0.6 is 0 Å². The number of oxime groups is 1. The van der Waals surface area contributed by atoms with E-state index in [4.69, 9.17) is 15.7 Å². The van der Waals surface area contributed by atoms with Crippen molar-refractivity contribution in [3.63, 3.8) is 0 Å². The molecule has 1 fully saturated rings. The summed E-state index contributed by atoms with van der Waals surface area (Å²) >= 11 is 0. The van der Waals surface area contributed by atoms with E-state index < -0.39 is 0 Å². The van der Waals surface area contributed by atoms with E-state index >= 15 is 0 Å². The second kappa shape index (κ2) is 5.86. The van der Waals surface area contributed by atoms with Crippen molar-refractivity contribution in [2.75, 3.05) is 0 Å². The fourth-order valence-electron chi connectivity index (χ4n) is 2.42. The lowest BCUT2D eigenvalue weighted by atomic mass is 9.80. The molecule has 0 amide bonds. The van der Waals surface area contributed by atoms with E-state index in [-0.39, 0.29) is 11.9 Å². The predicted octanol–water partition coefficient (Wildman–Crippen LogP) is 1.77. The van der Waals surface area contributed by atoms with E-state index in [0.29, 0.717) is 17.4 Å². The molecule has 0 bridgehead atoms. The standard InChI is InChI=1S/C13H20N4O2/c1-8-3-4-10(7-9(8)2)19-13-11(12(14)17-18)5-6-15-16-13/h5-6,8-10,18H,3-4,7H2,1-2H3,(H2,14,17). The summed E-state index contributed by atoms with van der Waals surface area (Å²) in [6, 6.07) is 1.63. The normalized spacial score (nSPS) is 28.1. The Balaban J connectivity index is 2.11. The van der Waals surface area contributed by atoms with Crippen LogP contribution in [0.25, 0.3) is 0 Å². The molecular formula is C13H20N4O2. The van der Waals surface area contributed by atoms with Crippen molar-refractivity contribution >= 4 is 5.84 Å². The molecule has 3 unspecified atom stereocenters. The van der Waals surface area contributed by atoms with Crippen LogP contribution in [0.3, 0.4) is 0 Å². The molecule has 6 heteroatoms. The van der Waals surface area contributed by atoms with E-state index in [1.54, 1.807) is 6.07 Å². The van der Waals surface area contributed by atoms with Gasteiger partial charge in [0.05, 0.1) is 11.8 Å². The second-order valence-electron chi connectivity index (χ2n) is 5.24. The predicted molar refractivity (Wildman–Crippen MR) is 71.1 cm³/mol. The molecule has 1 aliphatic rings. The number of hydrogen-bond donors (Lipinski definition) is 2. The first-order valence-electron chi connectivity index (χ1n) is 6.58. The van der Waals surface area contributed by atoms with Gasteiger partial charge in [-0.15, -0.1) is 5.10 Å². The van der Waals surface area contributed by atoms with Crippen molar-refractivity contribution < 1.29 is 9.94 Å². The highest BCUT2D eigenvalue weighted by Crippen LogP contribution is 2.31. The zero-order valence-electron chi connectivity index (χ0n) is 11.3. The molecular weight excluding hydrogens is 244 g/mol. The van der Waals surface area contributed by atoms with Gasteiger partial charge in [0.1, 0.15) is 6.10 Å². The molecule has 19 heavy (non-hydrogen) atoms. The third kappa shape index (κ3) is 3.13. The van der Waals surface area contributed by atoms with E-state index in [2.05, 4.69) is 29.2 Å². The summed E-state index contributed by atoms with van der Waals surface area (Å²) in [4.78, 5) is 0. The maximum atomic E-state index is 8.75. The average molecular weight is 264 g/mol. The minimum absolute atomic E-state index is 0.0119. The first kappa shape index (κ1) is 13.6. The van der Waals surface area contributed by atoms with Crippen molar-refractivity contribution in [1.29, 1.82) is 0 Å². The Bertz CT molecular complexity index is 464. The van der Waals surface area contributed by atoms with Crippen LogP contribution in [0.15, 0.2) is 17.4 Å². The van der Waals surface area contributed by atoms with E-state index in [9.17, 15) is 0 Å². The Morgan fingerprint density at radius 1 is 1.42 bits per heavy atom. The van der Waals surface area contributed by atoms with Gasteiger partial charge >= 0.3 is 0 Å². The van der Waals surface area contributed by atoms with Crippen LogP contribution in [0, 0.1) is 11.8 Å². The molecule has 1 aromatic rings. The third-order valence-corrected chi connectivity index (χ3v) is 3.90. The molecule has 0 aliphatic heterocycles. The lowest BCUT2D eigenvalue weighted by Gasteiger charge is -2.32. The van der Waals surface area contributed by atoms with Crippen LogP contribution in [0.5, 0.6) is 5.88 Å². The Hall–Kier alpha value is -1.85. The lowest BCUT2D eigenvalue weighted by molar-refractivity contribution is 0.0952. The van der Waals surface area contributed by atoms with Crippen molar-refractivity contribution in [3.05, 3.63) is 17.8 Å². The lowest BCUT2D eigenvalue weighted by Crippen LogP contribution is -2.30. The van der Waals surface area contributed by atoms with Crippen LogP contribution in [-0.4, -0.2) is 27.3 Å². The first-order chi connectivity index (χ1) is 9.11. The Kier molecular flexibility index (Phi) is 4.19. The fraction of sp³-hybridized carbons (Fsp3) is 0.615. The van der Waals surface area contributed by atoms with Crippen molar-refractivity contribution in [3.8, 4) is 5.88 Å². The van der Waals surface area contributed by atoms with Crippen LogP contribution in [0.1, 0.15) is 38.7 Å². The summed E-state index contributed by atoms with van der Waals surface area (Å²) in [5.41, 5.74) is 6.08. The first-order valence-corrected chi connectivity index (χ1v) is 6.58. The summed E-state index contributed by atoms with van der Waals surface area (Å²) < 4.78 is 5.88. The maximum absolute atomic E-state index is 8.75. The van der Waals surface area contributed by atoms with Gasteiger partial charge in [0.25, 0.3) is 0 Å². The third-order valence-electron chi connectivity index (χ3n) is 3.90. The zero-order chi connectivity index (χ0) is 13.8. The topological polar surface area (TPSA) is 93.6 Å². The largest absolute Gasteiger partial charge is 0.473 e. The van der Waals surface area contributed by atoms with E-state index in [1.165, 1.54) is 6.20 Å². The average Bonchev–Trinajstić information content (AvgIpc) is 2.43. The SMILES string of the molecule is CC1CCC(Oc2nnccc2/C(N)=N/O)CC1C. The molecule has 3 atom stereocenters. The monoisotopic (exact) mass is 264 g/mol. The fourth-order valence-corrected chi connectivity index (χ4v) is 2.42. The molecule has 1 heterocycles. The Morgan fingerprint density at radius 2 is 2.21 bits per heavy atom. The summed E-state index contributed by atoms with van der Waals surface area (Å²) in [6.07, 6.45) is 4.75. The van der Waals surface area contributed by atoms with E-state index in [0.717, 1.165) is 25.2 Å². The summed E-state index contributed by atoms with van der Waals surface area (Å²) in [7, 11) is 0. The highest BCUT2D eigenvalue weighted by molar-refractivity contribution is 5.98. The molecule has 1 saturated carbocycles. The van der Waals surface area contributed by atoms with Crippen molar-refractivity contribution in [1.82, 2.24) is 10.2 Å². The summed E-state index contributed by atoms with van der Waals surface area (Å²) in [5, 5.41) is 19.5. The number of rotatable bonds is 3. The number of hydrogen-bond acceptors (Lipinski definition) is 5. The minimum atomic E-state index is -0.0119. The van der Waals surface area contributed by atoms with Gasteiger partial charge in [0.2, 0.25) is 5.88 Å².